The minimum absolute atomic E-state index is 0.126. The van der Waals surface area contributed by atoms with Gasteiger partial charge >= 0.3 is 0 Å². The highest BCUT2D eigenvalue weighted by Gasteiger charge is 2.12. The van der Waals surface area contributed by atoms with Crippen molar-refractivity contribution in [3.63, 3.8) is 0 Å². The SMILES string of the molecule is CCc1nn(C)cc1CNS(=O)(=O)CCCCCl. The molecule has 1 aromatic rings. The van der Waals surface area contributed by atoms with Crippen molar-refractivity contribution in [1.82, 2.24) is 14.5 Å². The smallest absolute Gasteiger partial charge is 0.211 e. The predicted molar refractivity (Wildman–Crippen MR) is 73.2 cm³/mol. The first-order chi connectivity index (χ1) is 8.48. The number of alkyl halides is 1. The van der Waals surface area contributed by atoms with Crippen LogP contribution >= 0.6 is 11.6 Å². The van der Waals surface area contributed by atoms with Crippen LogP contribution in [0.15, 0.2) is 6.20 Å². The van der Waals surface area contributed by atoms with E-state index in [-0.39, 0.29) is 5.75 Å². The molecule has 0 aliphatic rings. The van der Waals surface area contributed by atoms with Gasteiger partial charge in [-0.15, -0.1) is 11.6 Å². The van der Waals surface area contributed by atoms with Gasteiger partial charge in [-0.2, -0.15) is 5.10 Å². The molecule has 0 radical (unpaired) electrons. The molecule has 0 fully saturated rings. The Kier molecular flexibility index (Phi) is 6.11. The van der Waals surface area contributed by atoms with Crippen LogP contribution in [0.5, 0.6) is 0 Å². The van der Waals surface area contributed by atoms with Crippen LogP contribution in [0.4, 0.5) is 0 Å². The molecule has 0 saturated heterocycles. The van der Waals surface area contributed by atoms with Crippen LogP contribution in [-0.4, -0.2) is 29.8 Å². The number of aryl methyl sites for hydroxylation is 2. The van der Waals surface area contributed by atoms with Gasteiger partial charge in [0.1, 0.15) is 0 Å². The van der Waals surface area contributed by atoms with E-state index in [0.29, 0.717) is 18.8 Å². The molecule has 5 nitrogen and oxygen atoms in total. The maximum absolute atomic E-state index is 11.7. The van der Waals surface area contributed by atoms with Gasteiger partial charge in [-0.3, -0.25) is 4.68 Å². The lowest BCUT2D eigenvalue weighted by atomic mass is 10.2. The van der Waals surface area contributed by atoms with Gasteiger partial charge in [0.25, 0.3) is 0 Å². The molecule has 7 heteroatoms. The Morgan fingerprint density at radius 3 is 2.78 bits per heavy atom. The summed E-state index contributed by atoms with van der Waals surface area (Å²) in [5.74, 6) is 0.625. The zero-order valence-corrected chi connectivity index (χ0v) is 12.4. The average Bonchev–Trinajstić information content (AvgIpc) is 2.67. The van der Waals surface area contributed by atoms with Gasteiger partial charge in [-0.25, -0.2) is 13.1 Å². The molecule has 0 aliphatic heterocycles. The molecule has 1 rings (SSSR count). The first kappa shape index (κ1) is 15.5. The van der Waals surface area contributed by atoms with Crippen molar-refractivity contribution >= 4 is 21.6 Å². The quantitative estimate of drug-likeness (QED) is 0.582. The molecular weight excluding hydrogens is 274 g/mol. The van der Waals surface area contributed by atoms with Crippen LogP contribution in [0.1, 0.15) is 31.0 Å². The van der Waals surface area contributed by atoms with E-state index in [1.165, 1.54) is 0 Å². The summed E-state index contributed by atoms with van der Waals surface area (Å²) in [4.78, 5) is 0. The lowest BCUT2D eigenvalue weighted by Crippen LogP contribution is -2.26. The average molecular weight is 294 g/mol. The minimum atomic E-state index is -3.21. The third-order valence-corrected chi connectivity index (χ3v) is 4.28. The fourth-order valence-electron chi connectivity index (χ4n) is 1.68. The Bertz CT molecular complexity index is 471. The zero-order chi connectivity index (χ0) is 13.6. The third-order valence-electron chi connectivity index (χ3n) is 2.61. The van der Waals surface area contributed by atoms with Gasteiger partial charge in [-0.1, -0.05) is 6.92 Å². The Morgan fingerprint density at radius 2 is 2.17 bits per heavy atom. The molecule has 0 saturated carbocycles. The van der Waals surface area contributed by atoms with E-state index in [9.17, 15) is 8.42 Å². The second-order valence-corrected chi connectivity index (χ2v) is 6.47. The van der Waals surface area contributed by atoms with Gasteiger partial charge < -0.3 is 0 Å². The topological polar surface area (TPSA) is 64.0 Å². The van der Waals surface area contributed by atoms with E-state index in [1.807, 2.05) is 20.2 Å². The molecule has 0 unspecified atom stereocenters. The fourth-order valence-corrected chi connectivity index (χ4v) is 2.97. The van der Waals surface area contributed by atoms with Crippen LogP contribution < -0.4 is 4.72 Å². The number of aromatic nitrogens is 2. The molecule has 0 aromatic carbocycles. The second-order valence-electron chi connectivity index (χ2n) is 4.16. The minimum Gasteiger partial charge on any atom is -0.275 e. The molecule has 18 heavy (non-hydrogen) atoms. The Labute approximate surface area is 114 Å². The Hall–Kier alpha value is -0.590. The molecule has 1 N–H and O–H groups in total. The van der Waals surface area contributed by atoms with Crippen LogP contribution in [0.2, 0.25) is 0 Å². The number of rotatable bonds is 8. The van der Waals surface area contributed by atoms with E-state index in [4.69, 9.17) is 11.6 Å². The monoisotopic (exact) mass is 293 g/mol. The van der Waals surface area contributed by atoms with Crippen LogP contribution in [-0.2, 0) is 30.0 Å². The van der Waals surface area contributed by atoms with Crippen molar-refractivity contribution in [2.24, 2.45) is 7.05 Å². The van der Waals surface area contributed by atoms with Crippen molar-refractivity contribution in [2.45, 2.75) is 32.7 Å². The molecule has 0 aliphatic carbocycles. The van der Waals surface area contributed by atoms with Crippen LogP contribution in [0.25, 0.3) is 0 Å². The first-order valence-corrected chi connectivity index (χ1v) is 8.22. The van der Waals surface area contributed by atoms with Crippen molar-refractivity contribution in [1.29, 1.82) is 0 Å². The predicted octanol–water partition coefficient (Wildman–Crippen LogP) is 1.42. The summed E-state index contributed by atoms with van der Waals surface area (Å²) in [5, 5.41) is 4.27. The van der Waals surface area contributed by atoms with Crippen molar-refractivity contribution < 1.29 is 8.42 Å². The van der Waals surface area contributed by atoms with E-state index in [0.717, 1.165) is 24.1 Å². The third kappa shape index (κ3) is 4.96. The van der Waals surface area contributed by atoms with Gasteiger partial charge in [0, 0.05) is 31.2 Å². The lowest BCUT2D eigenvalue weighted by molar-refractivity contribution is 0.578. The summed E-state index contributed by atoms with van der Waals surface area (Å²) in [7, 11) is -1.38. The van der Waals surface area contributed by atoms with E-state index >= 15 is 0 Å². The van der Waals surface area contributed by atoms with Gasteiger partial charge in [0.2, 0.25) is 10.0 Å². The van der Waals surface area contributed by atoms with Crippen molar-refractivity contribution in [3.8, 4) is 0 Å². The van der Waals surface area contributed by atoms with E-state index in [1.54, 1.807) is 4.68 Å². The number of hydrogen-bond acceptors (Lipinski definition) is 3. The summed E-state index contributed by atoms with van der Waals surface area (Å²) >= 11 is 5.52. The Morgan fingerprint density at radius 1 is 1.44 bits per heavy atom. The van der Waals surface area contributed by atoms with Gasteiger partial charge in [0.15, 0.2) is 0 Å². The molecule has 1 aromatic heterocycles. The second kappa shape index (κ2) is 7.11. The maximum atomic E-state index is 11.7. The molecule has 0 atom stereocenters. The fraction of sp³-hybridized carbons (Fsp3) is 0.727. The number of hydrogen-bond donors (Lipinski definition) is 1. The number of nitrogens with zero attached hydrogens (tertiary/aromatic N) is 2. The summed E-state index contributed by atoms with van der Waals surface area (Å²) in [6, 6.07) is 0. The molecule has 0 bridgehead atoms. The highest BCUT2D eigenvalue weighted by atomic mass is 35.5. The van der Waals surface area contributed by atoms with Gasteiger partial charge in [-0.05, 0) is 19.3 Å². The lowest BCUT2D eigenvalue weighted by Gasteiger charge is -2.05. The number of sulfonamides is 1. The number of unbranched alkanes of at least 4 members (excludes halogenated alkanes) is 1. The summed E-state index contributed by atoms with van der Waals surface area (Å²) in [6.07, 6.45) is 3.95. The summed E-state index contributed by atoms with van der Waals surface area (Å²) in [6.45, 7) is 2.31. The van der Waals surface area contributed by atoms with Crippen LogP contribution in [0.3, 0.4) is 0 Å². The largest absolute Gasteiger partial charge is 0.275 e. The molecule has 0 spiro atoms. The standard InChI is InChI=1S/C11H20ClN3O2S/c1-3-11-10(9-15(2)14-11)8-13-18(16,17)7-5-4-6-12/h9,13H,3-8H2,1-2H3. The summed E-state index contributed by atoms with van der Waals surface area (Å²) < 4.78 is 27.7. The summed E-state index contributed by atoms with van der Waals surface area (Å²) in [5.41, 5.74) is 1.86. The van der Waals surface area contributed by atoms with E-state index < -0.39 is 10.0 Å². The highest BCUT2D eigenvalue weighted by Crippen LogP contribution is 2.07. The first-order valence-electron chi connectivity index (χ1n) is 6.03. The Balaban J connectivity index is 2.53. The van der Waals surface area contributed by atoms with Crippen LogP contribution in [0, 0.1) is 0 Å². The number of halogens is 1. The normalized spacial score (nSPS) is 11.9. The van der Waals surface area contributed by atoms with Crippen molar-refractivity contribution in [2.75, 3.05) is 11.6 Å². The van der Waals surface area contributed by atoms with Gasteiger partial charge in [0.05, 0.1) is 11.4 Å². The van der Waals surface area contributed by atoms with Crippen molar-refractivity contribution in [3.05, 3.63) is 17.5 Å². The molecular formula is C11H20ClN3O2S. The highest BCUT2D eigenvalue weighted by molar-refractivity contribution is 7.89. The molecule has 1 heterocycles. The zero-order valence-electron chi connectivity index (χ0n) is 10.8. The maximum Gasteiger partial charge on any atom is 0.211 e. The van der Waals surface area contributed by atoms with E-state index in [2.05, 4.69) is 9.82 Å². The number of nitrogens with one attached hydrogen (secondary N) is 1. The molecule has 0 amide bonds. The molecule has 104 valence electrons.